The van der Waals surface area contributed by atoms with Crippen molar-refractivity contribution in [2.45, 2.75) is 32.7 Å². The second kappa shape index (κ2) is 6.72. The van der Waals surface area contributed by atoms with Gasteiger partial charge in [-0.1, -0.05) is 39.0 Å². The number of aromatic nitrogens is 1. The van der Waals surface area contributed by atoms with Gasteiger partial charge in [0.2, 0.25) is 0 Å². The van der Waals surface area contributed by atoms with Crippen molar-refractivity contribution in [1.82, 2.24) is 9.88 Å². The molecular formula is C18H25N3. The molecule has 0 saturated carbocycles. The van der Waals surface area contributed by atoms with E-state index in [0.717, 1.165) is 31.0 Å². The van der Waals surface area contributed by atoms with Gasteiger partial charge in [0.15, 0.2) is 0 Å². The molecule has 2 aromatic rings. The van der Waals surface area contributed by atoms with E-state index < -0.39 is 0 Å². The van der Waals surface area contributed by atoms with Gasteiger partial charge in [0.05, 0.1) is 5.69 Å². The Bertz CT molecular complexity index is 546. The van der Waals surface area contributed by atoms with Crippen molar-refractivity contribution in [1.29, 1.82) is 0 Å². The number of hydrogen-bond donors (Lipinski definition) is 1. The van der Waals surface area contributed by atoms with Crippen LogP contribution >= 0.6 is 0 Å². The minimum absolute atomic E-state index is 0.0818. The molecule has 1 aromatic heterocycles. The van der Waals surface area contributed by atoms with Crippen molar-refractivity contribution in [2.75, 3.05) is 18.8 Å². The zero-order chi connectivity index (χ0) is 15.3. The van der Waals surface area contributed by atoms with Crippen LogP contribution in [0.5, 0.6) is 0 Å². The second-order valence-electron chi connectivity index (χ2n) is 6.13. The number of nitrogen functional groups attached to an aromatic ring is 1. The smallest absolute Gasteiger partial charge is 0.0543 e. The van der Waals surface area contributed by atoms with Gasteiger partial charge in [0.25, 0.3) is 0 Å². The quantitative estimate of drug-likeness (QED) is 0.825. The van der Waals surface area contributed by atoms with E-state index >= 15 is 0 Å². The van der Waals surface area contributed by atoms with Crippen molar-refractivity contribution in [3.8, 4) is 0 Å². The van der Waals surface area contributed by atoms with Gasteiger partial charge in [-0.25, -0.2) is 0 Å². The summed E-state index contributed by atoms with van der Waals surface area (Å²) >= 11 is 0. The molecule has 0 radical (unpaired) electrons. The first-order chi connectivity index (χ1) is 10.0. The first-order valence-electron chi connectivity index (χ1n) is 7.49. The minimum atomic E-state index is 0.0818. The first-order valence-corrected chi connectivity index (χ1v) is 7.49. The molecule has 0 unspecified atom stereocenters. The van der Waals surface area contributed by atoms with Crippen LogP contribution < -0.4 is 5.73 Å². The molecule has 0 aliphatic rings. The van der Waals surface area contributed by atoms with Crippen LogP contribution in [0.4, 0.5) is 5.69 Å². The Labute approximate surface area is 127 Å². The Balaban J connectivity index is 2.07. The standard InChI is InChI=1S/C18H25N3/c1-4-21(13-17-7-5-6-12-20-17)14-18(2,3)15-8-10-16(19)11-9-15/h5-12H,4,13-14,19H2,1-3H3. The first kappa shape index (κ1) is 15.5. The number of hydrogen-bond acceptors (Lipinski definition) is 3. The highest BCUT2D eigenvalue weighted by Gasteiger charge is 2.23. The van der Waals surface area contributed by atoms with E-state index in [0.29, 0.717) is 0 Å². The number of benzene rings is 1. The summed E-state index contributed by atoms with van der Waals surface area (Å²) in [7, 11) is 0. The molecule has 0 bridgehead atoms. The Morgan fingerprint density at radius 1 is 1.10 bits per heavy atom. The lowest BCUT2D eigenvalue weighted by Crippen LogP contribution is -2.36. The molecule has 0 amide bonds. The summed E-state index contributed by atoms with van der Waals surface area (Å²) in [6.07, 6.45) is 1.86. The molecule has 2 N–H and O–H groups in total. The van der Waals surface area contributed by atoms with Crippen molar-refractivity contribution >= 4 is 5.69 Å². The molecule has 21 heavy (non-hydrogen) atoms. The number of nitrogens with zero attached hydrogens (tertiary/aromatic N) is 2. The molecule has 1 heterocycles. The van der Waals surface area contributed by atoms with E-state index in [4.69, 9.17) is 5.73 Å². The van der Waals surface area contributed by atoms with Crippen LogP contribution in [-0.2, 0) is 12.0 Å². The Morgan fingerprint density at radius 2 is 1.81 bits per heavy atom. The lowest BCUT2D eigenvalue weighted by atomic mass is 9.84. The molecule has 3 nitrogen and oxygen atoms in total. The largest absolute Gasteiger partial charge is 0.399 e. The Morgan fingerprint density at radius 3 is 2.38 bits per heavy atom. The minimum Gasteiger partial charge on any atom is -0.399 e. The Hall–Kier alpha value is -1.87. The highest BCUT2D eigenvalue weighted by molar-refractivity contribution is 5.41. The third-order valence-electron chi connectivity index (χ3n) is 3.87. The molecule has 0 atom stereocenters. The van der Waals surface area contributed by atoms with Gasteiger partial charge in [-0.05, 0) is 36.4 Å². The third kappa shape index (κ3) is 4.30. The highest BCUT2D eigenvalue weighted by Crippen LogP contribution is 2.25. The fourth-order valence-corrected chi connectivity index (χ4v) is 2.58. The predicted molar refractivity (Wildman–Crippen MR) is 89.1 cm³/mol. The Kier molecular flexibility index (Phi) is 4.97. The number of likely N-dealkylation sites (N-methyl/N-ethyl adjacent to an activating group) is 1. The van der Waals surface area contributed by atoms with E-state index in [2.05, 4.69) is 48.9 Å². The topological polar surface area (TPSA) is 42.2 Å². The number of nitrogens with two attached hydrogens (primary N) is 1. The molecule has 0 fully saturated rings. The average molecular weight is 283 g/mol. The monoisotopic (exact) mass is 283 g/mol. The normalized spacial score (nSPS) is 11.8. The van der Waals surface area contributed by atoms with Gasteiger partial charge in [-0.2, -0.15) is 0 Å². The van der Waals surface area contributed by atoms with Crippen LogP contribution in [0.1, 0.15) is 32.0 Å². The summed E-state index contributed by atoms with van der Waals surface area (Å²) in [5.74, 6) is 0. The van der Waals surface area contributed by atoms with Gasteiger partial charge in [-0.3, -0.25) is 9.88 Å². The van der Waals surface area contributed by atoms with Crippen LogP contribution in [0, 0.1) is 0 Å². The van der Waals surface area contributed by atoms with Crippen LogP contribution in [0.15, 0.2) is 48.7 Å². The van der Waals surface area contributed by atoms with E-state index in [1.807, 2.05) is 30.5 Å². The van der Waals surface area contributed by atoms with Crippen molar-refractivity contribution in [2.24, 2.45) is 0 Å². The maximum Gasteiger partial charge on any atom is 0.0543 e. The number of pyridine rings is 1. The van der Waals surface area contributed by atoms with Crippen molar-refractivity contribution < 1.29 is 0 Å². The number of rotatable bonds is 6. The molecular weight excluding hydrogens is 258 g/mol. The fourth-order valence-electron chi connectivity index (χ4n) is 2.58. The lowest BCUT2D eigenvalue weighted by Gasteiger charge is -2.32. The number of anilines is 1. The third-order valence-corrected chi connectivity index (χ3v) is 3.87. The summed E-state index contributed by atoms with van der Waals surface area (Å²) in [6, 6.07) is 14.3. The zero-order valence-corrected chi connectivity index (χ0v) is 13.2. The summed E-state index contributed by atoms with van der Waals surface area (Å²) < 4.78 is 0. The molecule has 112 valence electrons. The van der Waals surface area contributed by atoms with E-state index in [-0.39, 0.29) is 5.41 Å². The van der Waals surface area contributed by atoms with E-state index in [9.17, 15) is 0 Å². The van der Waals surface area contributed by atoms with Crippen LogP contribution in [0.25, 0.3) is 0 Å². The van der Waals surface area contributed by atoms with Gasteiger partial charge < -0.3 is 5.73 Å². The van der Waals surface area contributed by atoms with Gasteiger partial charge in [0, 0.05) is 30.4 Å². The van der Waals surface area contributed by atoms with Crippen molar-refractivity contribution in [3.05, 3.63) is 59.9 Å². The summed E-state index contributed by atoms with van der Waals surface area (Å²) in [6.45, 7) is 9.63. The lowest BCUT2D eigenvalue weighted by molar-refractivity contribution is 0.224. The fraction of sp³-hybridized carbons (Fsp3) is 0.389. The van der Waals surface area contributed by atoms with Crippen molar-refractivity contribution in [3.63, 3.8) is 0 Å². The molecule has 0 aliphatic heterocycles. The maximum absolute atomic E-state index is 5.78. The molecule has 3 heteroatoms. The average Bonchev–Trinajstić information content (AvgIpc) is 2.48. The van der Waals surface area contributed by atoms with Gasteiger partial charge in [0.1, 0.15) is 0 Å². The molecule has 0 spiro atoms. The molecule has 0 saturated heterocycles. The molecule has 2 rings (SSSR count). The summed E-state index contributed by atoms with van der Waals surface area (Å²) in [5, 5.41) is 0. The van der Waals surface area contributed by atoms with E-state index in [1.54, 1.807) is 0 Å². The van der Waals surface area contributed by atoms with Gasteiger partial charge in [-0.15, -0.1) is 0 Å². The van der Waals surface area contributed by atoms with Crippen LogP contribution in [-0.4, -0.2) is 23.0 Å². The predicted octanol–water partition coefficient (Wildman–Crippen LogP) is 3.46. The molecule has 1 aromatic carbocycles. The van der Waals surface area contributed by atoms with Crippen LogP contribution in [0.2, 0.25) is 0 Å². The van der Waals surface area contributed by atoms with Gasteiger partial charge >= 0.3 is 0 Å². The molecule has 0 aliphatic carbocycles. The van der Waals surface area contributed by atoms with Crippen LogP contribution in [0.3, 0.4) is 0 Å². The second-order valence-corrected chi connectivity index (χ2v) is 6.13. The SMILES string of the molecule is CCN(Cc1ccccn1)CC(C)(C)c1ccc(N)cc1. The summed E-state index contributed by atoms with van der Waals surface area (Å²) in [5.41, 5.74) is 9.11. The highest BCUT2D eigenvalue weighted by atomic mass is 15.1. The zero-order valence-electron chi connectivity index (χ0n) is 13.2. The van der Waals surface area contributed by atoms with E-state index in [1.165, 1.54) is 5.56 Å². The summed E-state index contributed by atoms with van der Waals surface area (Å²) in [4.78, 5) is 6.85. The maximum atomic E-state index is 5.78.